The van der Waals surface area contributed by atoms with E-state index in [9.17, 15) is 19.5 Å². The standard InChI is InChI=1S/C80H147NO8/c1-6-8-10-12-14-16-18-20-22-24-26-28-30-32-33-34-35-36-37-38-39-40-41-42-43-44-45-47-48-50-52-54-56-58-60-62-64-66-68-70-77(82)87-74-76(75-88-80(79(84)85)86-73-72-81(3,4)5)89-78(83)71-69-67-65-63-61-59-57-55-53-51-49-46-31-29-27-25-23-21-19-17-15-13-11-9-7-2/h9,11,15,17,21,23-24,26-27,29,76,80H,6-8,10,12-14,16,18-20,22,25,28,30-75H2,1-5H3/p+1/b11-9-,17-15-,23-21-,26-24-,29-27-. The van der Waals surface area contributed by atoms with Gasteiger partial charge in [-0.15, -0.1) is 0 Å². The molecule has 2 atom stereocenters. The van der Waals surface area contributed by atoms with Gasteiger partial charge in [0.1, 0.15) is 13.2 Å². The first kappa shape index (κ1) is 86.0. The number of ether oxygens (including phenoxy) is 4. The molecule has 1 N–H and O–H groups in total. The Labute approximate surface area is 552 Å². The van der Waals surface area contributed by atoms with Gasteiger partial charge < -0.3 is 28.5 Å². The third-order valence-corrected chi connectivity index (χ3v) is 17.3. The van der Waals surface area contributed by atoms with Crippen molar-refractivity contribution in [2.75, 3.05) is 47.5 Å². The highest BCUT2D eigenvalue weighted by atomic mass is 16.7. The smallest absolute Gasteiger partial charge is 0.361 e. The van der Waals surface area contributed by atoms with Gasteiger partial charge in [0.05, 0.1) is 34.4 Å². The minimum absolute atomic E-state index is 0.180. The van der Waals surface area contributed by atoms with Gasteiger partial charge in [-0.2, -0.15) is 0 Å². The molecule has 0 fully saturated rings. The van der Waals surface area contributed by atoms with Gasteiger partial charge in [-0.05, 0) is 77.0 Å². The molecule has 9 heteroatoms. The van der Waals surface area contributed by atoms with Crippen LogP contribution in [0.5, 0.6) is 0 Å². The summed E-state index contributed by atoms with van der Waals surface area (Å²) in [4.78, 5) is 37.7. The molecule has 0 saturated heterocycles. The topological polar surface area (TPSA) is 108 Å². The van der Waals surface area contributed by atoms with Crippen molar-refractivity contribution in [3.05, 3.63) is 60.8 Å². The number of rotatable bonds is 72. The minimum atomic E-state index is -1.51. The fourth-order valence-electron chi connectivity index (χ4n) is 11.4. The normalized spacial score (nSPS) is 13.0. The number of allylic oxidation sites excluding steroid dienone is 10. The highest BCUT2D eigenvalue weighted by Gasteiger charge is 2.25. The Morgan fingerprint density at radius 1 is 0.348 bits per heavy atom. The second kappa shape index (κ2) is 70.9. The Hall–Kier alpha value is -3.01. The monoisotopic (exact) mass is 1250 g/mol. The number of esters is 2. The molecule has 520 valence electrons. The zero-order valence-electron chi connectivity index (χ0n) is 59.6. The molecule has 0 aliphatic heterocycles. The fraction of sp³-hybridized carbons (Fsp3) is 0.838. The number of likely N-dealkylation sites (N-methyl/N-ethyl adjacent to an activating group) is 1. The Balaban J connectivity index is 3.96. The van der Waals surface area contributed by atoms with Crippen molar-refractivity contribution in [2.45, 2.75) is 386 Å². The Morgan fingerprint density at radius 2 is 0.640 bits per heavy atom. The molecular formula is C80H148NO8+. The predicted molar refractivity (Wildman–Crippen MR) is 383 cm³/mol. The van der Waals surface area contributed by atoms with Gasteiger partial charge in [0.15, 0.2) is 6.10 Å². The largest absolute Gasteiger partial charge is 0.477 e. The van der Waals surface area contributed by atoms with E-state index in [1.165, 1.54) is 283 Å². The maximum Gasteiger partial charge on any atom is 0.361 e. The summed E-state index contributed by atoms with van der Waals surface area (Å²) in [5, 5.41) is 9.76. The first-order valence-electron chi connectivity index (χ1n) is 38.5. The molecule has 0 heterocycles. The molecule has 0 radical (unpaired) electrons. The van der Waals surface area contributed by atoms with Crippen molar-refractivity contribution in [1.82, 2.24) is 0 Å². The van der Waals surface area contributed by atoms with Crippen LogP contribution in [0.3, 0.4) is 0 Å². The number of carbonyl (C=O) groups excluding carboxylic acids is 2. The van der Waals surface area contributed by atoms with E-state index in [2.05, 4.69) is 74.6 Å². The SMILES string of the molecule is CC/C=C\C/C=C\C/C=C\C/C=C\CCCCCCCCCCCCCCC(=O)OC(COC(=O)CCCCCCCCCCCCCCCCCCCCCCCCCCCCC/C=C\CCCCCCCCCC)COC(OCC[N+](C)(C)C)C(=O)O. The van der Waals surface area contributed by atoms with E-state index in [-0.39, 0.29) is 32.2 Å². The maximum atomic E-state index is 13.0. The highest BCUT2D eigenvalue weighted by Crippen LogP contribution is 2.19. The Bertz CT molecular complexity index is 1650. The van der Waals surface area contributed by atoms with Crippen LogP contribution in [0.2, 0.25) is 0 Å². The van der Waals surface area contributed by atoms with Gasteiger partial charge >= 0.3 is 17.9 Å². The van der Waals surface area contributed by atoms with E-state index in [4.69, 9.17) is 18.9 Å². The van der Waals surface area contributed by atoms with Crippen molar-refractivity contribution in [3.8, 4) is 0 Å². The molecule has 0 aliphatic rings. The summed E-state index contributed by atoms with van der Waals surface area (Å²) in [5.74, 6) is -1.99. The molecule has 0 amide bonds. The van der Waals surface area contributed by atoms with Crippen molar-refractivity contribution >= 4 is 17.9 Å². The van der Waals surface area contributed by atoms with Crippen LogP contribution < -0.4 is 0 Å². The van der Waals surface area contributed by atoms with Crippen LogP contribution in [0.25, 0.3) is 0 Å². The van der Waals surface area contributed by atoms with E-state index in [0.717, 1.165) is 64.2 Å². The highest BCUT2D eigenvalue weighted by molar-refractivity contribution is 5.71. The molecule has 2 unspecified atom stereocenters. The van der Waals surface area contributed by atoms with Crippen molar-refractivity contribution in [3.63, 3.8) is 0 Å². The van der Waals surface area contributed by atoms with Crippen molar-refractivity contribution < 1.29 is 42.9 Å². The molecule has 0 spiro atoms. The first-order chi connectivity index (χ1) is 43.6. The number of carboxylic acids is 1. The Kier molecular flexibility index (Phi) is 68.5. The van der Waals surface area contributed by atoms with Gasteiger partial charge in [-0.1, -0.05) is 344 Å². The first-order valence-corrected chi connectivity index (χ1v) is 38.5. The number of nitrogens with zero attached hydrogens (tertiary/aromatic N) is 1. The molecule has 0 saturated carbocycles. The molecule has 89 heavy (non-hydrogen) atoms. The summed E-state index contributed by atoms with van der Waals surface area (Å²) in [6.45, 7) is 4.82. The van der Waals surface area contributed by atoms with Crippen LogP contribution >= 0.6 is 0 Å². The summed E-state index contributed by atoms with van der Waals surface area (Å²) in [6.07, 6.45) is 90.9. The molecular weight excluding hydrogens is 1100 g/mol. The molecule has 0 rings (SSSR count). The zero-order valence-corrected chi connectivity index (χ0v) is 59.6. The Morgan fingerprint density at radius 3 is 0.966 bits per heavy atom. The maximum absolute atomic E-state index is 13.0. The third kappa shape index (κ3) is 72.3. The molecule has 9 nitrogen and oxygen atoms in total. The van der Waals surface area contributed by atoms with E-state index < -0.39 is 24.3 Å². The third-order valence-electron chi connectivity index (χ3n) is 17.3. The summed E-state index contributed by atoms with van der Waals surface area (Å²) < 4.78 is 23.0. The number of carboxylic acid groups (broad SMARTS) is 1. The van der Waals surface area contributed by atoms with Gasteiger partial charge in [0.25, 0.3) is 6.29 Å². The van der Waals surface area contributed by atoms with Crippen LogP contribution in [0, 0.1) is 0 Å². The fourth-order valence-corrected chi connectivity index (χ4v) is 11.4. The van der Waals surface area contributed by atoms with Crippen molar-refractivity contribution in [2.24, 2.45) is 0 Å². The molecule has 0 aliphatic carbocycles. The second-order valence-electron chi connectivity index (χ2n) is 27.3. The lowest BCUT2D eigenvalue weighted by atomic mass is 10.0. The molecule has 0 aromatic heterocycles. The lowest BCUT2D eigenvalue weighted by molar-refractivity contribution is -0.870. The zero-order chi connectivity index (χ0) is 64.7. The van der Waals surface area contributed by atoms with Crippen LogP contribution in [0.4, 0.5) is 0 Å². The average molecular weight is 1250 g/mol. The summed E-state index contributed by atoms with van der Waals surface area (Å²) in [6, 6.07) is 0. The average Bonchev–Trinajstić information content (AvgIpc) is 3.64. The van der Waals surface area contributed by atoms with Gasteiger partial charge in [-0.25, -0.2) is 4.79 Å². The number of unbranched alkanes of at least 4 members (excludes halogenated alkanes) is 47. The number of quaternary nitrogens is 1. The number of aliphatic carboxylic acids is 1. The quantitative estimate of drug-likeness (QED) is 0.0211. The van der Waals surface area contributed by atoms with E-state index >= 15 is 0 Å². The van der Waals surface area contributed by atoms with Crippen LogP contribution in [-0.4, -0.2) is 87.4 Å². The number of carbonyl (C=O) groups is 3. The number of hydrogen-bond acceptors (Lipinski definition) is 7. The van der Waals surface area contributed by atoms with Crippen molar-refractivity contribution in [1.29, 1.82) is 0 Å². The molecule has 0 aromatic carbocycles. The summed E-state index contributed by atoms with van der Waals surface area (Å²) in [5.41, 5.74) is 0. The summed E-state index contributed by atoms with van der Waals surface area (Å²) in [7, 11) is 5.99. The van der Waals surface area contributed by atoms with E-state index in [1.54, 1.807) is 0 Å². The molecule has 0 aromatic rings. The lowest BCUT2D eigenvalue weighted by Crippen LogP contribution is -2.40. The predicted octanol–water partition coefficient (Wildman–Crippen LogP) is 24.3. The van der Waals surface area contributed by atoms with Gasteiger partial charge in [0, 0.05) is 12.8 Å². The summed E-state index contributed by atoms with van der Waals surface area (Å²) >= 11 is 0. The van der Waals surface area contributed by atoms with Gasteiger partial charge in [0.2, 0.25) is 0 Å². The second-order valence-corrected chi connectivity index (χ2v) is 27.3. The number of hydrogen-bond donors (Lipinski definition) is 1. The lowest BCUT2D eigenvalue weighted by Gasteiger charge is -2.25. The van der Waals surface area contributed by atoms with Crippen LogP contribution in [0.1, 0.15) is 373 Å². The van der Waals surface area contributed by atoms with Crippen LogP contribution in [-0.2, 0) is 33.3 Å². The van der Waals surface area contributed by atoms with Crippen LogP contribution in [0.15, 0.2) is 60.8 Å². The van der Waals surface area contributed by atoms with E-state index in [1.807, 2.05) is 21.1 Å². The van der Waals surface area contributed by atoms with E-state index in [0.29, 0.717) is 17.4 Å². The minimum Gasteiger partial charge on any atom is -0.477 e. The van der Waals surface area contributed by atoms with Gasteiger partial charge in [-0.3, -0.25) is 9.59 Å². The molecule has 0 bridgehead atoms.